The van der Waals surface area contributed by atoms with Gasteiger partial charge in [-0.2, -0.15) is 0 Å². The van der Waals surface area contributed by atoms with Crippen LogP contribution in [0.3, 0.4) is 0 Å². The van der Waals surface area contributed by atoms with Crippen molar-refractivity contribution in [2.24, 2.45) is 0 Å². The topological polar surface area (TPSA) is 36.4 Å². The molecule has 0 bridgehead atoms. The first-order chi connectivity index (χ1) is 7.72. The number of rotatable bonds is 3. The van der Waals surface area contributed by atoms with Crippen molar-refractivity contribution in [1.29, 1.82) is 0 Å². The van der Waals surface area contributed by atoms with Crippen LogP contribution in [0.1, 0.15) is 24.4 Å². The van der Waals surface area contributed by atoms with E-state index in [1.165, 1.54) is 0 Å². The first-order valence-electron chi connectivity index (χ1n) is 5.56. The molecule has 1 atom stereocenters. The number of hydrogen-bond acceptors (Lipinski definition) is 3. The van der Waals surface area contributed by atoms with E-state index < -0.39 is 0 Å². The van der Waals surface area contributed by atoms with Crippen LogP contribution < -0.4 is 4.90 Å². The quantitative estimate of drug-likeness (QED) is 0.722. The van der Waals surface area contributed by atoms with E-state index in [4.69, 9.17) is 0 Å². The molecule has 4 nitrogen and oxygen atoms in total. The molecule has 1 saturated heterocycles. The Hall–Kier alpha value is -1.58. The molecule has 86 valence electrons. The van der Waals surface area contributed by atoms with E-state index in [2.05, 4.69) is 11.1 Å². The lowest BCUT2D eigenvalue weighted by atomic mass is 10.1. The molecule has 0 N–H and O–H groups in total. The average Bonchev–Trinajstić information content (AvgIpc) is 2.77. The fraction of sp³-hybridized carbons (Fsp3) is 0.500. The molecule has 0 saturated carbocycles. The molecule has 1 aliphatic rings. The summed E-state index contributed by atoms with van der Waals surface area (Å²) >= 11 is 0. The van der Waals surface area contributed by atoms with Gasteiger partial charge in [0.25, 0.3) is 0 Å². The fourth-order valence-corrected chi connectivity index (χ4v) is 2.13. The summed E-state index contributed by atoms with van der Waals surface area (Å²) in [5, 5.41) is 0. The zero-order valence-electron chi connectivity index (χ0n) is 9.76. The lowest BCUT2D eigenvalue weighted by molar-refractivity contribution is -0.118. The first-order valence-corrected chi connectivity index (χ1v) is 5.56. The standard InChI is InChI=1S/C12H17N3O/c1-14(2)12-6-5-10(8-13-12)11-4-3-7-15(11)9-16/h5-6,8-9,11H,3-4,7H2,1-2H3/t11-/m0/s1. The summed E-state index contributed by atoms with van der Waals surface area (Å²) in [5.74, 6) is 0.944. The first kappa shape index (κ1) is 10.9. The van der Waals surface area contributed by atoms with Crippen molar-refractivity contribution >= 4 is 12.2 Å². The van der Waals surface area contributed by atoms with Gasteiger partial charge in [-0.3, -0.25) is 4.79 Å². The molecule has 2 rings (SSSR count). The number of carbonyl (C=O) groups is 1. The summed E-state index contributed by atoms with van der Waals surface area (Å²) in [7, 11) is 3.94. The maximum atomic E-state index is 10.9. The summed E-state index contributed by atoms with van der Waals surface area (Å²) in [6.07, 6.45) is 4.94. The third kappa shape index (κ3) is 2.01. The molecule has 0 radical (unpaired) electrons. The van der Waals surface area contributed by atoms with Gasteiger partial charge in [-0.25, -0.2) is 4.98 Å². The van der Waals surface area contributed by atoms with E-state index in [1.54, 1.807) is 0 Å². The van der Waals surface area contributed by atoms with E-state index in [0.717, 1.165) is 37.2 Å². The van der Waals surface area contributed by atoms with E-state index in [0.29, 0.717) is 0 Å². The molecule has 0 spiro atoms. The number of nitrogens with zero attached hydrogens (tertiary/aromatic N) is 3. The van der Waals surface area contributed by atoms with Crippen LogP contribution >= 0.6 is 0 Å². The Kier molecular flexibility index (Phi) is 3.08. The van der Waals surface area contributed by atoms with Crippen molar-refractivity contribution in [3.63, 3.8) is 0 Å². The largest absolute Gasteiger partial charge is 0.363 e. The van der Waals surface area contributed by atoms with Crippen LogP contribution in [-0.2, 0) is 4.79 Å². The minimum atomic E-state index is 0.223. The zero-order chi connectivity index (χ0) is 11.5. The van der Waals surface area contributed by atoms with Gasteiger partial charge in [0.2, 0.25) is 6.41 Å². The Balaban J connectivity index is 2.18. The number of pyridine rings is 1. The van der Waals surface area contributed by atoms with E-state index >= 15 is 0 Å². The second-order valence-electron chi connectivity index (χ2n) is 4.35. The van der Waals surface area contributed by atoms with Crippen molar-refractivity contribution in [3.05, 3.63) is 23.9 Å². The normalized spacial score (nSPS) is 19.9. The third-order valence-corrected chi connectivity index (χ3v) is 3.04. The number of amides is 1. The Bertz CT molecular complexity index is 361. The van der Waals surface area contributed by atoms with Gasteiger partial charge < -0.3 is 9.80 Å². The number of anilines is 1. The Morgan fingerprint density at radius 3 is 2.88 bits per heavy atom. The number of aromatic nitrogens is 1. The predicted octanol–water partition coefficient (Wildman–Crippen LogP) is 1.44. The van der Waals surface area contributed by atoms with Gasteiger partial charge in [-0.05, 0) is 24.5 Å². The zero-order valence-corrected chi connectivity index (χ0v) is 9.76. The van der Waals surface area contributed by atoms with Crippen LogP contribution in [0.2, 0.25) is 0 Å². The molecule has 2 heterocycles. The third-order valence-electron chi connectivity index (χ3n) is 3.04. The van der Waals surface area contributed by atoms with Crippen molar-refractivity contribution in [2.45, 2.75) is 18.9 Å². The van der Waals surface area contributed by atoms with Gasteiger partial charge in [0, 0.05) is 26.8 Å². The summed E-state index contributed by atoms with van der Waals surface area (Å²) in [6, 6.07) is 4.28. The van der Waals surface area contributed by atoms with Crippen molar-refractivity contribution in [2.75, 3.05) is 25.5 Å². The molecular weight excluding hydrogens is 202 g/mol. The minimum absolute atomic E-state index is 0.223. The maximum Gasteiger partial charge on any atom is 0.210 e. The second kappa shape index (κ2) is 4.51. The highest BCUT2D eigenvalue weighted by atomic mass is 16.1. The average molecular weight is 219 g/mol. The van der Waals surface area contributed by atoms with Gasteiger partial charge in [0.15, 0.2) is 0 Å². The summed E-state index contributed by atoms with van der Waals surface area (Å²) in [4.78, 5) is 19.1. The maximum absolute atomic E-state index is 10.9. The lowest BCUT2D eigenvalue weighted by Gasteiger charge is -2.20. The van der Waals surface area contributed by atoms with Crippen LogP contribution in [0.4, 0.5) is 5.82 Å². The van der Waals surface area contributed by atoms with E-state index in [9.17, 15) is 4.79 Å². The molecule has 0 unspecified atom stereocenters. The Labute approximate surface area is 95.9 Å². The number of carbonyl (C=O) groups excluding carboxylic acids is 1. The SMILES string of the molecule is CN(C)c1ccc([C@@H]2CCCN2C=O)cn1. The molecule has 0 aromatic carbocycles. The molecule has 16 heavy (non-hydrogen) atoms. The Morgan fingerprint density at radius 1 is 1.50 bits per heavy atom. The molecule has 1 aromatic rings. The van der Waals surface area contributed by atoms with Crippen LogP contribution in [0, 0.1) is 0 Å². The summed E-state index contributed by atoms with van der Waals surface area (Å²) in [6.45, 7) is 0.865. The Morgan fingerprint density at radius 2 is 2.31 bits per heavy atom. The van der Waals surface area contributed by atoms with Crippen molar-refractivity contribution in [3.8, 4) is 0 Å². The smallest absolute Gasteiger partial charge is 0.210 e. The summed E-state index contributed by atoms with van der Waals surface area (Å²) in [5.41, 5.74) is 1.13. The fourth-order valence-electron chi connectivity index (χ4n) is 2.13. The van der Waals surface area contributed by atoms with Crippen molar-refractivity contribution in [1.82, 2.24) is 9.88 Å². The van der Waals surface area contributed by atoms with Crippen LogP contribution in [-0.4, -0.2) is 36.9 Å². The predicted molar refractivity (Wildman–Crippen MR) is 63.3 cm³/mol. The molecule has 1 fully saturated rings. The van der Waals surface area contributed by atoms with Crippen LogP contribution in [0.15, 0.2) is 18.3 Å². The van der Waals surface area contributed by atoms with Crippen LogP contribution in [0.5, 0.6) is 0 Å². The molecule has 1 amide bonds. The number of likely N-dealkylation sites (tertiary alicyclic amines) is 1. The van der Waals surface area contributed by atoms with Gasteiger partial charge >= 0.3 is 0 Å². The molecule has 0 aliphatic carbocycles. The monoisotopic (exact) mass is 219 g/mol. The van der Waals surface area contributed by atoms with Gasteiger partial charge in [0.05, 0.1) is 6.04 Å². The highest BCUT2D eigenvalue weighted by Gasteiger charge is 2.24. The highest BCUT2D eigenvalue weighted by Crippen LogP contribution is 2.30. The van der Waals surface area contributed by atoms with Crippen molar-refractivity contribution < 1.29 is 4.79 Å². The number of hydrogen-bond donors (Lipinski definition) is 0. The molecule has 1 aliphatic heterocycles. The summed E-state index contributed by atoms with van der Waals surface area (Å²) < 4.78 is 0. The van der Waals surface area contributed by atoms with Gasteiger partial charge in [0.1, 0.15) is 5.82 Å². The van der Waals surface area contributed by atoms with E-state index in [1.807, 2.05) is 36.2 Å². The van der Waals surface area contributed by atoms with Gasteiger partial charge in [-0.15, -0.1) is 0 Å². The highest BCUT2D eigenvalue weighted by molar-refractivity contribution is 5.50. The molecule has 4 heteroatoms. The minimum Gasteiger partial charge on any atom is -0.363 e. The second-order valence-corrected chi connectivity index (χ2v) is 4.35. The van der Waals surface area contributed by atoms with Gasteiger partial charge in [-0.1, -0.05) is 6.07 Å². The molecule has 1 aromatic heterocycles. The lowest BCUT2D eigenvalue weighted by Crippen LogP contribution is -2.21. The van der Waals surface area contributed by atoms with Crippen LogP contribution in [0.25, 0.3) is 0 Å². The molecular formula is C12H17N3O. The van der Waals surface area contributed by atoms with E-state index in [-0.39, 0.29) is 6.04 Å².